The third-order valence-electron chi connectivity index (χ3n) is 8.54. The quantitative estimate of drug-likeness (QED) is 0.192. The van der Waals surface area contributed by atoms with Gasteiger partial charge < -0.3 is 14.5 Å². The molecule has 0 saturated heterocycles. The minimum Gasteiger partial charge on any atom is -0.466 e. The van der Waals surface area contributed by atoms with E-state index in [4.69, 9.17) is 4.74 Å². The number of ether oxygens (including phenoxy) is 1. The Balaban J connectivity index is 1.49. The van der Waals surface area contributed by atoms with E-state index in [1.54, 1.807) is 21.1 Å². The molecular weight excluding hydrogens is 576 g/mol. The van der Waals surface area contributed by atoms with E-state index in [2.05, 4.69) is 21.3 Å². The molecule has 1 unspecified atom stereocenters. The minimum atomic E-state index is -3.72. The number of likely N-dealkylation sites (N-methyl/N-ethyl adjacent to an activating group) is 1. The van der Waals surface area contributed by atoms with Crippen LogP contribution in [0.25, 0.3) is 11.0 Å². The van der Waals surface area contributed by atoms with Crippen LogP contribution in [0.3, 0.4) is 0 Å². The van der Waals surface area contributed by atoms with E-state index in [-0.39, 0.29) is 24.9 Å². The van der Waals surface area contributed by atoms with Crippen LogP contribution < -0.4 is 4.90 Å². The smallest absolute Gasteiger partial charge is 0.306 e. The van der Waals surface area contributed by atoms with E-state index >= 15 is 0 Å². The molecule has 0 aliphatic carbocycles. The van der Waals surface area contributed by atoms with Crippen LogP contribution in [-0.4, -0.2) is 86.0 Å². The van der Waals surface area contributed by atoms with Gasteiger partial charge in [-0.1, -0.05) is 41.6 Å². The molecule has 0 fully saturated rings. The molecule has 5 rings (SSSR count). The van der Waals surface area contributed by atoms with Gasteiger partial charge in [-0.2, -0.15) is 4.31 Å². The fraction of sp³-hybridized carbons (Fsp3) is 0.424. The van der Waals surface area contributed by atoms with Crippen molar-refractivity contribution in [2.24, 2.45) is 7.05 Å². The Labute approximate surface area is 260 Å². The lowest BCUT2D eigenvalue weighted by atomic mass is 9.84. The number of carbonyl (C=O) groups is 1. The number of hydrogen-bond acceptors (Lipinski definition) is 8. The summed E-state index contributed by atoms with van der Waals surface area (Å²) in [6.45, 7) is 6.36. The van der Waals surface area contributed by atoms with Crippen molar-refractivity contribution in [1.29, 1.82) is 0 Å². The van der Waals surface area contributed by atoms with Gasteiger partial charge in [-0.05, 0) is 80.4 Å². The molecule has 0 radical (unpaired) electrons. The first kappa shape index (κ1) is 31.6. The first-order valence-electron chi connectivity index (χ1n) is 15.0. The molecule has 1 atom stereocenters. The zero-order chi connectivity index (χ0) is 31.6. The normalized spacial score (nSPS) is 15.8. The second-order valence-electron chi connectivity index (χ2n) is 11.9. The number of fused-ring (bicyclic) bond motifs is 2. The topological polar surface area (TPSA) is 101 Å². The SMILES string of the molecule is Cc1ccc(C(CC(=O)OCCCN(C)C)c2ccc3c(nnn3C)c2C)cc1CN1CCN(C)c2ccccc2S1(=O)=O. The van der Waals surface area contributed by atoms with Crippen LogP contribution in [-0.2, 0) is 33.1 Å². The standard InChI is InChI=1S/C33H42N6O4S/c1-23-12-13-25(20-26(23)22-39-18-17-37(5)29-10-7-8-11-31(29)44(39,41)42)28(21-32(40)43-19-9-16-36(3)4)27-14-15-30-33(24(27)2)34-35-38(30)6/h7-8,10-15,20,28H,9,16-19,21-22H2,1-6H3. The van der Waals surface area contributed by atoms with Crippen LogP contribution in [0.5, 0.6) is 0 Å². The van der Waals surface area contributed by atoms with Gasteiger partial charge >= 0.3 is 5.97 Å². The first-order chi connectivity index (χ1) is 21.0. The highest BCUT2D eigenvalue weighted by molar-refractivity contribution is 7.89. The average Bonchev–Trinajstić information content (AvgIpc) is 3.34. The Hall–Kier alpha value is -3.80. The van der Waals surface area contributed by atoms with Crippen LogP contribution in [0.2, 0.25) is 0 Å². The number of nitrogens with zero attached hydrogens (tertiary/aromatic N) is 6. The molecule has 4 aromatic rings. The zero-order valence-corrected chi connectivity index (χ0v) is 27.3. The van der Waals surface area contributed by atoms with E-state index in [0.29, 0.717) is 30.3 Å². The molecule has 1 aromatic heterocycles. The Kier molecular flexibility index (Phi) is 9.38. The molecule has 3 aromatic carbocycles. The maximum Gasteiger partial charge on any atom is 0.306 e. The molecule has 10 nitrogen and oxygen atoms in total. The number of carbonyl (C=O) groups excluding carboxylic acids is 1. The van der Waals surface area contributed by atoms with Gasteiger partial charge in [0.15, 0.2) is 0 Å². The Morgan fingerprint density at radius 3 is 2.59 bits per heavy atom. The summed E-state index contributed by atoms with van der Waals surface area (Å²) in [5.74, 6) is -0.584. The fourth-order valence-electron chi connectivity index (χ4n) is 5.89. The number of para-hydroxylation sites is 1. The lowest BCUT2D eigenvalue weighted by Gasteiger charge is -2.24. The molecule has 0 amide bonds. The van der Waals surface area contributed by atoms with Gasteiger partial charge in [0.2, 0.25) is 10.0 Å². The Bertz CT molecular complexity index is 1770. The second-order valence-corrected chi connectivity index (χ2v) is 13.8. The maximum atomic E-state index is 13.8. The summed E-state index contributed by atoms with van der Waals surface area (Å²) in [5, 5.41) is 8.58. The predicted molar refractivity (Wildman–Crippen MR) is 172 cm³/mol. The molecule has 0 spiro atoms. The number of rotatable bonds is 10. The van der Waals surface area contributed by atoms with E-state index < -0.39 is 10.0 Å². The van der Waals surface area contributed by atoms with Crippen molar-refractivity contribution in [3.05, 3.63) is 82.4 Å². The van der Waals surface area contributed by atoms with Gasteiger partial charge in [-0.25, -0.2) is 13.1 Å². The number of aromatic nitrogens is 3. The van der Waals surface area contributed by atoms with E-state index in [1.165, 1.54) is 0 Å². The summed E-state index contributed by atoms with van der Waals surface area (Å²) >= 11 is 0. The number of sulfonamides is 1. The van der Waals surface area contributed by atoms with Gasteiger partial charge in [0.1, 0.15) is 10.4 Å². The molecule has 1 aliphatic heterocycles. The summed E-state index contributed by atoms with van der Waals surface area (Å²) in [6, 6.07) is 17.3. The van der Waals surface area contributed by atoms with Crippen molar-refractivity contribution in [2.45, 2.75) is 44.0 Å². The lowest BCUT2D eigenvalue weighted by Crippen LogP contribution is -2.33. The molecule has 1 aliphatic rings. The first-order valence-corrected chi connectivity index (χ1v) is 16.4. The summed E-state index contributed by atoms with van der Waals surface area (Å²) < 4.78 is 36.6. The zero-order valence-electron chi connectivity index (χ0n) is 26.4. The van der Waals surface area contributed by atoms with Crippen molar-refractivity contribution in [3.8, 4) is 0 Å². The van der Waals surface area contributed by atoms with Gasteiger partial charge in [0, 0.05) is 46.2 Å². The van der Waals surface area contributed by atoms with Crippen molar-refractivity contribution in [3.63, 3.8) is 0 Å². The van der Waals surface area contributed by atoms with E-state index in [0.717, 1.165) is 51.8 Å². The number of hydrogen-bond donors (Lipinski definition) is 0. The predicted octanol–water partition coefficient (Wildman–Crippen LogP) is 4.24. The summed E-state index contributed by atoms with van der Waals surface area (Å²) in [5.41, 5.74) is 7.15. The Morgan fingerprint density at radius 1 is 1.05 bits per heavy atom. The molecule has 2 heterocycles. The monoisotopic (exact) mass is 618 g/mol. The lowest BCUT2D eigenvalue weighted by molar-refractivity contribution is -0.144. The molecule has 44 heavy (non-hydrogen) atoms. The summed E-state index contributed by atoms with van der Waals surface area (Å²) in [7, 11) is 4.04. The van der Waals surface area contributed by atoms with E-state index in [9.17, 15) is 13.2 Å². The number of esters is 1. The van der Waals surface area contributed by atoms with Crippen molar-refractivity contribution in [2.75, 3.05) is 52.3 Å². The third-order valence-corrected chi connectivity index (χ3v) is 10.4. The fourth-order valence-corrected chi connectivity index (χ4v) is 7.54. The number of benzene rings is 3. The maximum absolute atomic E-state index is 13.8. The van der Waals surface area contributed by atoms with Crippen LogP contribution >= 0.6 is 0 Å². The largest absolute Gasteiger partial charge is 0.466 e. The highest BCUT2D eigenvalue weighted by Gasteiger charge is 2.32. The Morgan fingerprint density at radius 2 is 1.82 bits per heavy atom. The van der Waals surface area contributed by atoms with Crippen LogP contribution in [0.15, 0.2) is 59.5 Å². The van der Waals surface area contributed by atoms with Crippen LogP contribution in [0.4, 0.5) is 5.69 Å². The molecule has 0 saturated carbocycles. The highest BCUT2D eigenvalue weighted by Crippen LogP contribution is 2.36. The third kappa shape index (κ3) is 6.50. The minimum absolute atomic E-state index is 0.150. The van der Waals surface area contributed by atoms with Gasteiger partial charge in [-0.15, -0.1) is 5.10 Å². The molecule has 0 N–H and O–H groups in total. The number of aryl methyl sites for hydroxylation is 3. The van der Waals surface area contributed by atoms with Crippen molar-refractivity contribution >= 4 is 32.7 Å². The molecule has 0 bridgehead atoms. The highest BCUT2D eigenvalue weighted by atomic mass is 32.2. The average molecular weight is 619 g/mol. The van der Waals surface area contributed by atoms with E-state index in [1.807, 2.05) is 83.3 Å². The van der Waals surface area contributed by atoms with Crippen LogP contribution in [0, 0.1) is 13.8 Å². The summed E-state index contributed by atoms with van der Waals surface area (Å²) in [6.07, 6.45) is 0.905. The van der Waals surface area contributed by atoms with Gasteiger partial charge in [0.05, 0.1) is 24.2 Å². The van der Waals surface area contributed by atoms with Gasteiger partial charge in [0.25, 0.3) is 0 Å². The van der Waals surface area contributed by atoms with Crippen LogP contribution in [0.1, 0.15) is 46.6 Å². The second kappa shape index (κ2) is 13.1. The van der Waals surface area contributed by atoms with Crippen molar-refractivity contribution in [1.82, 2.24) is 24.2 Å². The summed E-state index contributed by atoms with van der Waals surface area (Å²) in [4.78, 5) is 17.6. The molecule has 234 valence electrons. The molecular formula is C33H42N6O4S. The van der Waals surface area contributed by atoms with Gasteiger partial charge in [-0.3, -0.25) is 4.79 Å². The number of anilines is 1. The van der Waals surface area contributed by atoms with Crippen molar-refractivity contribution < 1.29 is 17.9 Å². The molecule has 11 heteroatoms.